The van der Waals surface area contributed by atoms with Crippen LogP contribution in [0.3, 0.4) is 0 Å². The summed E-state index contributed by atoms with van der Waals surface area (Å²) in [5, 5.41) is 8.72. The van der Waals surface area contributed by atoms with E-state index in [1.807, 2.05) is 32.0 Å². The third-order valence-corrected chi connectivity index (χ3v) is 3.98. The number of fused-ring (bicyclic) bond motifs is 1. The normalized spacial score (nSPS) is 14.2. The highest BCUT2D eigenvalue weighted by molar-refractivity contribution is 5.85. The molecule has 1 aromatic rings. The van der Waals surface area contributed by atoms with Crippen molar-refractivity contribution < 1.29 is 9.59 Å². The van der Waals surface area contributed by atoms with Gasteiger partial charge in [0.15, 0.2) is 0 Å². The maximum Gasteiger partial charge on any atom is 0.318 e. The Kier molecular flexibility index (Phi) is 8.57. The highest BCUT2D eigenvalue weighted by Crippen LogP contribution is 2.18. The Labute approximate surface area is 149 Å². The Balaban J connectivity index is 0.00000288. The van der Waals surface area contributed by atoms with Crippen LogP contribution in [0, 0.1) is 0 Å². The van der Waals surface area contributed by atoms with Crippen molar-refractivity contribution in [1.82, 2.24) is 20.9 Å². The number of nitrogens with zero attached hydrogens (tertiary/aromatic N) is 1. The second kappa shape index (κ2) is 10.2. The van der Waals surface area contributed by atoms with Gasteiger partial charge in [-0.25, -0.2) is 4.79 Å². The van der Waals surface area contributed by atoms with Gasteiger partial charge in [-0.15, -0.1) is 12.4 Å². The lowest BCUT2D eigenvalue weighted by molar-refractivity contribution is -0.120. The number of likely N-dealkylation sites (N-methyl/N-ethyl adjacent to an activating group) is 1. The van der Waals surface area contributed by atoms with Crippen LogP contribution in [0.15, 0.2) is 24.3 Å². The Morgan fingerprint density at radius 1 is 1.21 bits per heavy atom. The molecule has 1 atom stereocenters. The molecule has 0 aliphatic carbocycles. The topological polar surface area (TPSA) is 73.5 Å². The minimum atomic E-state index is -0.186. The molecule has 1 aromatic carbocycles. The van der Waals surface area contributed by atoms with Crippen molar-refractivity contribution in [3.63, 3.8) is 0 Å². The molecular formula is C17H27ClN4O2. The number of halogens is 1. The zero-order valence-corrected chi connectivity index (χ0v) is 15.1. The highest BCUT2D eigenvalue weighted by Gasteiger charge is 2.20. The maximum atomic E-state index is 12.2. The third kappa shape index (κ3) is 6.02. The van der Waals surface area contributed by atoms with Gasteiger partial charge in [0.05, 0.1) is 6.54 Å². The Bertz CT molecular complexity index is 553. The molecule has 0 aromatic heterocycles. The second-order valence-electron chi connectivity index (χ2n) is 5.86. The first kappa shape index (κ1) is 20.3. The molecule has 0 spiro atoms. The fourth-order valence-corrected chi connectivity index (χ4v) is 2.69. The van der Waals surface area contributed by atoms with Crippen molar-refractivity contribution in [2.24, 2.45) is 0 Å². The lowest BCUT2D eigenvalue weighted by Gasteiger charge is -2.28. The highest BCUT2D eigenvalue weighted by atomic mass is 35.5. The van der Waals surface area contributed by atoms with Gasteiger partial charge in [-0.2, -0.15) is 0 Å². The number of amides is 3. The van der Waals surface area contributed by atoms with Gasteiger partial charge < -0.3 is 20.9 Å². The fourth-order valence-electron chi connectivity index (χ4n) is 2.69. The molecular weight excluding hydrogens is 328 g/mol. The van der Waals surface area contributed by atoms with E-state index in [0.717, 1.165) is 13.0 Å². The summed E-state index contributed by atoms with van der Waals surface area (Å²) in [6.07, 6.45) is 0.857. The molecule has 0 unspecified atom stereocenters. The number of carbonyl (C=O) groups is 2. The number of carbonyl (C=O) groups excluding carboxylic acids is 2. The van der Waals surface area contributed by atoms with E-state index in [1.54, 1.807) is 4.90 Å². The van der Waals surface area contributed by atoms with Crippen molar-refractivity contribution >= 4 is 24.3 Å². The Morgan fingerprint density at radius 2 is 1.92 bits per heavy atom. The van der Waals surface area contributed by atoms with Crippen LogP contribution in [-0.2, 0) is 17.8 Å². The van der Waals surface area contributed by atoms with Gasteiger partial charge >= 0.3 is 6.03 Å². The SMILES string of the molecule is CCN[C@H](C)CNC(=O)CNC(=O)N1CCc2ccccc2C1.Cl. The smallest absolute Gasteiger partial charge is 0.318 e. The lowest BCUT2D eigenvalue weighted by atomic mass is 10.0. The minimum Gasteiger partial charge on any atom is -0.353 e. The van der Waals surface area contributed by atoms with Gasteiger partial charge in [-0.1, -0.05) is 31.2 Å². The van der Waals surface area contributed by atoms with Gasteiger partial charge in [0.1, 0.15) is 0 Å². The second-order valence-corrected chi connectivity index (χ2v) is 5.86. The molecule has 0 fully saturated rings. The van der Waals surface area contributed by atoms with Gasteiger partial charge in [-0.3, -0.25) is 4.79 Å². The molecule has 24 heavy (non-hydrogen) atoms. The average Bonchev–Trinajstić information content (AvgIpc) is 2.57. The molecule has 6 nitrogen and oxygen atoms in total. The average molecular weight is 355 g/mol. The Hall–Kier alpha value is -1.79. The van der Waals surface area contributed by atoms with E-state index in [2.05, 4.69) is 22.0 Å². The number of hydrogen-bond acceptors (Lipinski definition) is 3. The van der Waals surface area contributed by atoms with Gasteiger partial charge in [0.25, 0.3) is 0 Å². The summed E-state index contributed by atoms with van der Waals surface area (Å²) in [4.78, 5) is 25.7. The van der Waals surface area contributed by atoms with Crippen molar-refractivity contribution in [3.05, 3.63) is 35.4 Å². The summed E-state index contributed by atoms with van der Waals surface area (Å²) < 4.78 is 0. The molecule has 3 N–H and O–H groups in total. The van der Waals surface area contributed by atoms with Crippen LogP contribution in [0.1, 0.15) is 25.0 Å². The van der Waals surface area contributed by atoms with E-state index in [-0.39, 0.29) is 36.9 Å². The zero-order valence-electron chi connectivity index (χ0n) is 14.3. The molecule has 0 saturated heterocycles. The number of hydrogen-bond donors (Lipinski definition) is 3. The molecule has 0 bridgehead atoms. The van der Waals surface area contributed by atoms with Gasteiger partial charge in [-0.05, 0) is 31.0 Å². The zero-order chi connectivity index (χ0) is 16.7. The quantitative estimate of drug-likeness (QED) is 0.720. The lowest BCUT2D eigenvalue weighted by Crippen LogP contribution is -2.47. The van der Waals surface area contributed by atoms with Crippen molar-refractivity contribution in [2.45, 2.75) is 32.9 Å². The number of nitrogens with one attached hydrogen (secondary N) is 3. The molecule has 0 radical (unpaired) electrons. The van der Waals surface area contributed by atoms with E-state index >= 15 is 0 Å². The summed E-state index contributed by atoms with van der Waals surface area (Å²) in [7, 11) is 0. The molecule has 1 aliphatic heterocycles. The summed E-state index contributed by atoms with van der Waals surface area (Å²) in [6, 6.07) is 8.19. The molecule has 7 heteroatoms. The van der Waals surface area contributed by atoms with E-state index in [0.29, 0.717) is 19.6 Å². The van der Waals surface area contributed by atoms with E-state index < -0.39 is 0 Å². The molecule has 1 aliphatic rings. The third-order valence-electron chi connectivity index (χ3n) is 3.98. The van der Waals surface area contributed by atoms with Crippen molar-refractivity contribution in [3.8, 4) is 0 Å². The van der Waals surface area contributed by atoms with Gasteiger partial charge in [0, 0.05) is 25.7 Å². The van der Waals surface area contributed by atoms with Crippen LogP contribution in [-0.4, -0.2) is 49.1 Å². The van der Waals surface area contributed by atoms with Crippen LogP contribution in [0.5, 0.6) is 0 Å². The predicted molar refractivity (Wildman–Crippen MR) is 97.4 cm³/mol. The van der Waals surface area contributed by atoms with Crippen LogP contribution >= 0.6 is 12.4 Å². The summed E-state index contributed by atoms with van der Waals surface area (Å²) in [5.74, 6) is -0.166. The minimum absolute atomic E-state index is 0. The monoisotopic (exact) mass is 354 g/mol. The first-order valence-electron chi connectivity index (χ1n) is 8.19. The molecule has 2 rings (SSSR count). The molecule has 0 saturated carbocycles. The van der Waals surface area contributed by atoms with E-state index in [4.69, 9.17) is 0 Å². The van der Waals surface area contributed by atoms with E-state index in [9.17, 15) is 9.59 Å². The van der Waals surface area contributed by atoms with Gasteiger partial charge in [0.2, 0.25) is 5.91 Å². The van der Waals surface area contributed by atoms with Crippen LogP contribution < -0.4 is 16.0 Å². The predicted octanol–water partition coefficient (Wildman–Crippen LogP) is 1.29. The fraction of sp³-hybridized carbons (Fsp3) is 0.529. The van der Waals surface area contributed by atoms with Crippen molar-refractivity contribution in [2.75, 3.05) is 26.2 Å². The van der Waals surface area contributed by atoms with E-state index in [1.165, 1.54) is 11.1 Å². The number of rotatable bonds is 6. The maximum absolute atomic E-state index is 12.2. The largest absolute Gasteiger partial charge is 0.353 e. The Morgan fingerprint density at radius 3 is 2.62 bits per heavy atom. The molecule has 1 heterocycles. The summed E-state index contributed by atoms with van der Waals surface area (Å²) >= 11 is 0. The van der Waals surface area contributed by atoms with Crippen molar-refractivity contribution in [1.29, 1.82) is 0 Å². The molecule has 3 amide bonds. The molecule has 134 valence electrons. The van der Waals surface area contributed by atoms with Crippen LogP contribution in [0.25, 0.3) is 0 Å². The van der Waals surface area contributed by atoms with Crippen LogP contribution in [0.2, 0.25) is 0 Å². The van der Waals surface area contributed by atoms with Crippen LogP contribution in [0.4, 0.5) is 4.79 Å². The first-order valence-corrected chi connectivity index (χ1v) is 8.19. The standard InChI is InChI=1S/C17H26N4O2.ClH/c1-3-18-13(2)10-19-16(22)11-20-17(23)21-9-8-14-6-4-5-7-15(14)12-21;/h4-7,13,18H,3,8-12H2,1-2H3,(H,19,22)(H,20,23);1H/t13-;/m1./s1. The number of urea groups is 1. The first-order chi connectivity index (χ1) is 11.1. The summed E-state index contributed by atoms with van der Waals surface area (Å²) in [6.45, 7) is 6.74. The summed E-state index contributed by atoms with van der Waals surface area (Å²) in [5.41, 5.74) is 2.48. The number of benzene rings is 1.